The molecular weight excluding hydrogens is 312 g/mol. The molecule has 2 nitrogen and oxygen atoms in total. The Labute approximate surface area is 127 Å². The number of rotatable bonds is 3. The van der Waals surface area contributed by atoms with Crippen LogP contribution in [0.1, 0.15) is 11.3 Å². The summed E-state index contributed by atoms with van der Waals surface area (Å²) in [7, 11) is 0. The van der Waals surface area contributed by atoms with Gasteiger partial charge in [-0.15, -0.1) is 0 Å². The quantitative estimate of drug-likeness (QED) is 0.739. The van der Waals surface area contributed by atoms with Crippen molar-refractivity contribution in [1.82, 2.24) is 4.98 Å². The largest absolute Gasteiger partial charge is 0.379 e. The van der Waals surface area contributed by atoms with E-state index in [1.807, 2.05) is 18.2 Å². The predicted octanol–water partition coefficient (Wildman–Crippen LogP) is 4.92. The highest BCUT2D eigenvalue weighted by Gasteiger charge is 2.00. The van der Waals surface area contributed by atoms with Gasteiger partial charge in [-0.05, 0) is 36.8 Å². The van der Waals surface area contributed by atoms with E-state index in [2.05, 4.69) is 69.6 Å². The van der Waals surface area contributed by atoms with Gasteiger partial charge in [-0.3, -0.25) is 4.98 Å². The molecule has 100 valence electrons. The molecule has 20 heavy (non-hydrogen) atoms. The molecule has 0 atom stereocenters. The van der Waals surface area contributed by atoms with E-state index in [-0.39, 0.29) is 0 Å². The first-order valence-corrected chi connectivity index (χ1v) is 7.36. The maximum atomic E-state index is 4.66. The van der Waals surface area contributed by atoms with E-state index in [0.29, 0.717) is 0 Å². The van der Waals surface area contributed by atoms with Crippen LogP contribution in [0.4, 0.5) is 5.69 Å². The zero-order valence-corrected chi connectivity index (χ0v) is 12.8. The second kappa shape index (κ2) is 5.63. The summed E-state index contributed by atoms with van der Waals surface area (Å²) in [6, 6.07) is 18.6. The number of pyridine rings is 1. The van der Waals surface area contributed by atoms with Gasteiger partial charge in [-0.2, -0.15) is 0 Å². The van der Waals surface area contributed by atoms with Gasteiger partial charge in [0, 0.05) is 15.5 Å². The Morgan fingerprint density at radius 1 is 1.05 bits per heavy atom. The molecule has 0 aliphatic carbocycles. The molecule has 0 aliphatic rings. The van der Waals surface area contributed by atoms with Crippen LogP contribution in [0.3, 0.4) is 0 Å². The fraction of sp³-hybridized carbons (Fsp3) is 0.118. The molecule has 3 aromatic rings. The van der Waals surface area contributed by atoms with E-state index in [1.54, 1.807) is 0 Å². The van der Waals surface area contributed by atoms with Crippen molar-refractivity contribution in [1.29, 1.82) is 0 Å². The smallest absolute Gasteiger partial charge is 0.0706 e. The summed E-state index contributed by atoms with van der Waals surface area (Å²) in [5.41, 5.74) is 4.41. The lowest BCUT2D eigenvalue weighted by Crippen LogP contribution is -2.01. The average molecular weight is 327 g/mol. The highest BCUT2D eigenvalue weighted by atomic mass is 79.9. The lowest BCUT2D eigenvalue weighted by molar-refractivity contribution is 1.07. The SMILES string of the molecule is Cc1ccc(NCc2ccc3ccccc3n2)cc1Br. The van der Waals surface area contributed by atoms with E-state index in [9.17, 15) is 0 Å². The van der Waals surface area contributed by atoms with E-state index in [1.165, 1.54) is 10.9 Å². The van der Waals surface area contributed by atoms with Crippen LogP contribution in [0.15, 0.2) is 59.1 Å². The molecule has 1 N–H and O–H groups in total. The summed E-state index contributed by atoms with van der Waals surface area (Å²) < 4.78 is 1.12. The molecule has 1 heterocycles. The van der Waals surface area contributed by atoms with E-state index in [4.69, 9.17) is 0 Å². The highest BCUT2D eigenvalue weighted by Crippen LogP contribution is 2.21. The second-order valence-electron chi connectivity index (χ2n) is 4.81. The molecular formula is C17H15BrN2. The molecule has 0 bridgehead atoms. The van der Waals surface area contributed by atoms with Crippen molar-refractivity contribution in [3.63, 3.8) is 0 Å². The molecule has 3 rings (SSSR count). The average Bonchev–Trinajstić information content (AvgIpc) is 2.48. The van der Waals surface area contributed by atoms with E-state index >= 15 is 0 Å². The number of anilines is 1. The normalized spacial score (nSPS) is 10.7. The van der Waals surface area contributed by atoms with Crippen LogP contribution in [0.25, 0.3) is 10.9 Å². The second-order valence-corrected chi connectivity index (χ2v) is 5.67. The van der Waals surface area contributed by atoms with Crippen LogP contribution in [-0.2, 0) is 6.54 Å². The standard InChI is InChI=1S/C17H15BrN2/c1-12-6-8-14(10-16(12)18)19-11-15-9-7-13-4-2-3-5-17(13)20-15/h2-10,19H,11H2,1H3. The van der Waals surface area contributed by atoms with Gasteiger partial charge in [0.2, 0.25) is 0 Å². The minimum Gasteiger partial charge on any atom is -0.379 e. The summed E-state index contributed by atoms with van der Waals surface area (Å²) in [6.07, 6.45) is 0. The van der Waals surface area contributed by atoms with Gasteiger partial charge in [0.1, 0.15) is 0 Å². The Bertz CT molecular complexity index is 753. The Kier molecular flexibility index (Phi) is 3.70. The Hall–Kier alpha value is -1.87. The molecule has 0 saturated heterocycles. The summed E-state index contributed by atoms with van der Waals surface area (Å²) in [5.74, 6) is 0. The van der Waals surface area contributed by atoms with Crippen LogP contribution < -0.4 is 5.32 Å². The molecule has 0 aliphatic heterocycles. The van der Waals surface area contributed by atoms with Crippen molar-refractivity contribution in [2.75, 3.05) is 5.32 Å². The van der Waals surface area contributed by atoms with Crippen molar-refractivity contribution in [2.24, 2.45) is 0 Å². The fourth-order valence-corrected chi connectivity index (χ4v) is 2.48. The predicted molar refractivity (Wildman–Crippen MR) is 87.9 cm³/mol. The van der Waals surface area contributed by atoms with E-state index < -0.39 is 0 Å². The van der Waals surface area contributed by atoms with Gasteiger partial charge in [-0.25, -0.2) is 0 Å². The number of hydrogen-bond acceptors (Lipinski definition) is 2. The minimum atomic E-state index is 0.723. The van der Waals surface area contributed by atoms with Crippen molar-refractivity contribution in [2.45, 2.75) is 13.5 Å². The Morgan fingerprint density at radius 3 is 2.75 bits per heavy atom. The number of aromatic nitrogens is 1. The van der Waals surface area contributed by atoms with Crippen LogP contribution >= 0.6 is 15.9 Å². The number of fused-ring (bicyclic) bond motifs is 1. The maximum Gasteiger partial charge on any atom is 0.0706 e. The van der Waals surface area contributed by atoms with Crippen molar-refractivity contribution in [3.05, 3.63) is 70.3 Å². The number of aryl methyl sites for hydroxylation is 1. The number of hydrogen-bond donors (Lipinski definition) is 1. The molecule has 1 aromatic heterocycles. The van der Waals surface area contributed by atoms with Gasteiger partial charge < -0.3 is 5.32 Å². The van der Waals surface area contributed by atoms with Gasteiger partial charge in [0.05, 0.1) is 17.8 Å². The van der Waals surface area contributed by atoms with Crippen LogP contribution in [0.2, 0.25) is 0 Å². The molecule has 3 heteroatoms. The fourth-order valence-electron chi connectivity index (χ4n) is 2.10. The highest BCUT2D eigenvalue weighted by molar-refractivity contribution is 9.10. The summed E-state index contributed by atoms with van der Waals surface area (Å²) >= 11 is 3.55. The topological polar surface area (TPSA) is 24.9 Å². The molecule has 0 saturated carbocycles. The first kappa shape index (κ1) is 13.1. The first-order valence-electron chi connectivity index (χ1n) is 6.57. The third-order valence-electron chi connectivity index (χ3n) is 3.30. The van der Waals surface area contributed by atoms with Crippen LogP contribution in [0.5, 0.6) is 0 Å². The van der Waals surface area contributed by atoms with Gasteiger partial charge in [0.25, 0.3) is 0 Å². The van der Waals surface area contributed by atoms with Crippen molar-refractivity contribution >= 4 is 32.5 Å². The van der Waals surface area contributed by atoms with Crippen molar-refractivity contribution < 1.29 is 0 Å². The Morgan fingerprint density at radius 2 is 1.90 bits per heavy atom. The molecule has 0 unspecified atom stereocenters. The molecule has 0 spiro atoms. The third kappa shape index (κ3) is 2.83. The molecule has 2 aromatic carbocycles. The van der Waals surface area contributed by atoms with Crippen LogP contribution in [0, 0.1) is 6.92 Å². The summed E-state index contributed by atoms with van der Waals surface area (Å²) in [5, 5.41) is 4.58. The van der Waals surface area contributed by atoms with E-state index in [0.717, 1.165) is 27.9 Å². The van der Waals surface area contributed by atoms with Crippen LogP contribution in [-0.4, -0.2) is 4.98 Å². The third-order valence-corrected chi connectivity index (χ3v) is 4.16. The summed E-state index contributed by atoms with van der Waals surface area (Å²) in [6.45, 7) is 2.80. The minimum absolute atomic E-state index is 0.723. The maximum absolute atomic E-state index is 4.66. The number of benzene rings is 2. The molecule has 0 fully saturated rings. The number of nitrogens with one attached hydrogen (secondary N) is 1. The van der Waals surface area contributed by atoms with Gasteiger partial charge >= 0.3 is 0 Å². The Balaban J connectivity index is 1.77. The van der Waals surface area contributed by atoms with Gasteiger partial charge in [0.15, 0.2) is 0 Å². The lowest BCUT2D eigenvalue weighted by atomic mass is 10.2. The zero-order valence-electron chi connectivity index (χ0n) is 11.2. The zero-order chi connectivity index (χ0) is 13.9. The lowest BCUT2D eigenvalue weighted by Gasteiger charge is -2.08. The number of halogens is 1. The monoisotopic (exact) mass is 326 g/mol. The summed E-state index contributed by atoms with van der Waals surface area (Å²) in [4.78, 5) is 4.66. The molecule has 0 radical (unpaired) electrons. The van der Waals surface area contributed by atoms with Crippen molar-refractivity contribution in [3.8, 4) is 0 Å². The number of nitrogens with zero attached hydrogens (tertiary/aromatic N) is 1. The molecule has 0 amide bonds. The number of para-hydroxylation sites is 1. The first-order chi connectivity index (χ1) is 9.72. The van der Waals surface area contributed by atoms with Gasteiger partial charge in [-0.1, -0.05) is 46.3 Å².